The summed E-state index contributed by atoms with van der Waals surface area (Å²) < 4.78 is 72.0. The normalized spacial score (nSPS) is 17.7. The number of morpholine rings is 1. The molecule has 2 aliphatic rings. The van der Waals surface area contributed by atoms with Crippen molar-refractivity contribution in [2.75, 3.05) is 31.6 Å². The second-order valence-corrected chi connectivity index (χ2v) is 9.74. The molecule has 178 valence electrons. The largest absolute Gasteiger partial charge is 0.421 e. The number of ether oxygens (including phenoxy) is 1. The number of hydrogen-bond acceptors (Lipinski definition) is 6. The van der Waals surface area contributed by atoms with Gasteiger partial charge in [0.15, 0.2) is 0 Å². The molecule has 13 heteroatoms. The molecule has 2 aromatic rings. The zero-order chi connectivity index (χ0) is 23.8. The van der Waals surface area contributed by atoms with Gasteiger partial charge in [0.25, 0.3) is 5.56 Å². The molecule has 2 heterocycles. The molecule has 0 atom stereocenters. The van der Waals surface area contributed by atoms with Crippen LogP contribution in [-0.2, 0) is 32.3 Å². The van der Waals surface area contributed by atoms with Crippen LogP contribution in [0.1, 0.15) is 30.0 Å². The van der Waals surface area contributed by atoms with Crippen LogP contribution in [0.4, 0.5) is 18.9 Å². The highest BCUT2D eigenvalue weighted by molar-refractivity contribution is 7.89. The summed E-state index contributed by atoms with van der Waals surface area (Å²) in [6.07, 6.45) is -3.51. The summed E-state index contributed by atoms with van der Waals surface area (Å²) in [6.45, 7) is 0.374. The van der Waals surface area contributed by atoms with Crippen molar-refractivity contribution in [2.24, 2.45) is 0 Å². The van der Waals surface area contributed by atoms with Crippen LogP contribution in [-0.4, -0.2) is 54.7 Å². The number of sulfonamides is 1. The third-order valence-corrected chi connectivity index (χ3v) is 7.25. The molecular weight excluding hydrogens is 465 g/mol. The fourth-order valence-corrected chi connectivity index (χ4v) is 4.84. The van der Waals surface area contributed by atoms with Gasteiger partial charge in [-0.25, -0.2) is 13.1 Å². The van der Waals surface area contributed by atoms with E-state index >= 15 is 0 Å². The van der Waals surface area contributed by atoms with E-state index in [1.54, 1.807) is 0 Å². The summed E-state index contributed by atoms with van der Waals surface area (Å²) >= 11 is 0. The highest BCUT2D eigenvalue weighted by atomic mass is 32.2. The molecule has 0 radical (unpaired) electrons. The van der Waals surface area contributed by atoms with Gasteiger partial charge in [0.1, 0.15) is 12.1 Å². The van der Waals surface area contributed by atoms with Crippen LogP contribution < -0.4 is 10.9 Å². The molecule has 0 spiro atoms. The summed E-state index contributed by atoms with van der Waals surface area (Å²) in [4.78, 5) is 24.6. The maximum absolute atomic E-state index is 13.2. The van der Waals surface area contributed by atoms with Crippen molar-refractivity contribution in [3.05, 3.63) is 51.9 Å². The van der Waals surface area contributed by atoms with Gasteiger partial charge in [0.2, 0.25) is 15.9 Å². The van der Waals surface area contributed by atoms with E-state index in [2.05, 4.69) is 10.4 Å². The minimum absolute atomic E-state index is 0.0345. The maximum Gasteiger partial charge on any atom is 0.421 e. The first kappa shape index (κ1) is 23.4. The molecular formula is C20H21F3N4O5S. The number of carbonyl (C=O) groups excluding carboxylic acids is 1. The molecule has 9 nitrogen and oxygen atoms in total. The Morgan fingerprint density at radius 2 is 1.79 bits per heavy atom. The second kappa shape index (κ2) is 8.88. The minimum Gasteiger partial charge on any atom is -0.379 e. The van der Waals surface area contributed by atoms with E-state index in [9.17, 15) is 31.2 Å². The zero-order valence-electron chi connectivity index (χ0n) is 17.3. The van der Waals surface area contributed by atoms with Crippen molar-refractivity contribution in [1.29, 1.82) is 0 Å². The quantitative estimate of drug-likeness (QED) is 0.667. The van der Waals surface area contributed by atoms with Crippen LogP contribution in [0.15, 0.2) is 40.0 Å². The smallest absolute Gasteiger partial charge is 0.379 e. The highest BCUT2D eigenvalue weighted by Crippen LogP contribution is 2.40. The number of nitrogens with one attached hydrogen (secondary N) is 1. The van der Waals surface area contributed by atoms with Gasteiger partial charge >= 0.3 is 6.18 Å². The van der Waals surface area contributed by atoms with Gasteiger partial charge in [-0.1, -0.05) is 0 Å². The van der Waals surface area contributed by atoms with Gasteiger partial charge in [-0.05, 0) is 43.2 Å². The Morgan fingerprint density at radius 1 is 1.15 bits per heavy atom. The molecule has 1 aliphatic heterocycles. The number of rotatable bonds is 6. The van der Waals surface area contributed by atoms with E-state index in [1.807, 2.05) is 0 Å². The summed E-state index contributed by atoms with van der Waals surface area (Å²) in [5.41, 5.74) is -2.39. The molecule has 4 rings (SSSR count). The van der Waals surface area contributed by atoms with Crippen LogP contribution in [0.5, 0.6) is 0 Å². The predicted octanol–water partition coefficient (Wildman–Crippen LogP) is 1.80. The number of carbonyl (C=O) groups is 1. The number of halogens is 3. The molecule has 0 bridgehead atoms. The lowest BCUT2D eigenvalue weighted by Gasteiger charge is -2.26. The fourth-order valence-electron chi connectivity index (χ4n) is 3.43. The summed E-state index contributed by atoms with van der Waals surface area (Å²) in [5.74, 6) is -0.920. The van der Waals surface area contributed by atoms with Crippen molar-refractivity contribution >= 4 is 21.6 Å². The summed E-state index contributed by atoms with van der Waals surface area (Å²) in [7, 11) is -3.71. The van der Waals surface area contributed by atoms with Crippen molar-refractivity contribution in [2.45, 2.75) is 36.4 Å². The first-order chi connectivity index (χ1) is 15.6. The maximum atomic E-state index is 13.2. The predicted molar refractivity (Wildman–Crippen MR) is 110 cm³/mol. The SMILES string of the molecule is O=C(Cn1nc(C2CC2)cc(C(F)(F)F)c1=O)Nc1ccc(S(=O)(=O)N2CCOCC2)cc1. The van der Waals surface area contributed by atoms with Crippen LogP contribution in [0.2, 0.25) is 0 Å². The Bertz CT molecular complexity index is 1200. The second-order valence-electron chi connectivity index (χ2n) is 7.81. The Labute approximate surface area is 187 Å². The fraction of sp³-hybridized carbons (Fsp3) is 0.450. The Balaban J connectivity index is 1.48. The third-order valence-electron chi connectivity index (χ3n) is 5.33. The molecule has 1 aromatic heterocycles. The van der Waals surface area contributed by atoms with E-state index in [0.717, 1.165) is 6.07 Å². The average molecular weight is 486 g/mol. The van der Waals surface area contributed by atoms with Gasteiger partial charge in [0, 0.05) is 24.7 Å². The van der Waals surface area contributed by atoms with Crippen molar-refractivity contribution in [3.63, 3.8) is 0 Å². The van der Waals surface area contributed by atoms with Crippen LogP contribution in [0.25, 0.3) is 0 Å². The van der Waals surface area contributed by atoms with E-state index in [-0.39, 0.29) is 35.3 Å². The average Bonchev–Trinajstić information content (AvgIpc) is 3.61. The van der Waals surface area contributed by atoms with Gasteiger partial charge in [0.05, 0.1) is 23.8 Å². The number of hydrogen-bond donors (Lipinski definition) is 1. The van der Waals surface area contributed by atoms with Gasteiger partial charge in [-0.2, -0.15) is 22.6 Å². The summed E-state index contributed by atoms with van der Waals surface area (Å²) in [5, 5.41) is 6.39. The van der Waals surface area contributed by atoms with Crippen molar-refractivity contribution in [3.8, 4) is 0 Å². The Kier molecular flexibility index (Phi) is 6.29. The molecule has 1 N–H and O–H groups in total. The topological polar surface area (TPSA) is 111 Å². The monoisotopic (exact) mass is 486 g/mol. The first-order valence-electron chi connectivity index (χ1n) is 10.2. The van der Waals surface area contributed by atoms with E-state index < -0.39 is 39.8 Å². The minimum atomic E-state index is -4.86. The molecule has 1 aliphatic carbocycles. The van der Waals surface area contributed by atoms with Crippen molar-refractivity contribution in [1.82, 2.24) is 14.1 Å². The van der Waals surface area contributed by atoms with Crippen LogP contribution >= 0.6 is 0 Å². The van der Waals surface area contributed by atoms with Crippen LogP contribution in [0.3, 0.4) is 0 Å². The molecule has 1 saturated heterocycles. The molecule has 33 heavy (non-hydrogen) atoms. The third kappa shape index (κ3) is 5.25. The number of aromatic nitrogens is 2. The highest BCUT2D eigenvalue weighted by Gasteiger charge is 2.37. The summed E-state index contributed by atoms with van der Waals surface area (Å²) in [6, 6.07) is 6.12. The number of alkyl halides is 3. The zero-order valence-corrected chi connectivity index (χ0v) is 18.2. The van der Waals surface area contributed by atoms with Crippen molar-refractivity contribution < 1.29 is 31.1 Å². The van der Waals surface area contributed by atoms with Gasteiger partial charge in [-0.3, -0.25) is 9.59 Å². The standard InChI is InChI=1S/C20H21F3N4O5S/c21-20(22,23)16-11-17(13-1-2-13)25-27(19(16)29)12-18(28)24-14-3-5-15(6-4-14)33(30,31)26-7-9-32-10-8-26/h3-6,11,13H,1-2,7-10,12H2,(H,24,28). The molecule has 1 amide bonds. The first-order valence-corrected chi connectivity index (χ1v) is 11.7. The Hall–Kier alpha value is -2.77. The molecule has 2 fully saturated rings. The number of benzene rings is 1. The lowest BCUT2D eigenvalue weighted by Crippen LogP contribution is -2.40. The lowest BCUT2D eigenvalue weighted by atomic mass is 10.2. The van der Waals surface area contributed by atoms with Gasteiger partial charge in [-0.15, -0.1) is 0 Å². The number of nitrogens with zero attached hydrogens (tertiary/aromatic N) is 3. The van der Waals surface area contributed by atoms with E-state index in [4.69, 9.17) is 4.74 Å². The number of anilines is 1. The lowest BCUT2D eigenvalue weighted by molar-refractivity contribution is -0.139. The van der Waals surface area contributed by atoms with Gasteiger partial charge < -0.3 is 10.1 Å². The number of amides is 1. The van der Waals surface area contributed by atoms with Crippen LogP contribution in [0, 0.1) is 0 Å². The molecule has 1 aromatic carbocycles. The molecule has 0 unspecified atom stereocenters. The van der Waals surface area contributed by atoms with E-state index in [1.165, 1.54) is 28.6 Å². The Morgan fingerprint density at radius 3 is 2.36 bits per heavy atom. The molecule has 1 saturated carbocycles. The van der Waals surface area contributed by atoms with E-state index in [0.29, 0.717) is 30.7 Å².